The predicted octanol–water partition coefficient (Wildman–Crippen LogP) is 1.84. The van der Waals surface area contributed by atoms with Gasteiger partial charge in [-0.15, -0.1) is 0 Å². The number of rotatable bonds is 8. The summed E-state index contributed by atoms with van der Waals surface area (Å²) >= 11 is 0. The molecule has 25 heavy (non-hydrogen) atoms. The first kappa shape index (κ1) is 18.6. The average Bonchev–Trinajstić information content (AvgIpc) is 2.62. The fraction of sp³-hybridized carbons (Fsp3) is 0.267. The van der Waals surface area contributed by atoms with Gasteiger partial charge in [0.1, 0.15) is 10.6 Å². The number of sulfonamides is 1. The van der Waals surface area contributed by atoms with Gasteiger partial charge in [-0.25, -0.2) is 8.42 Å². The van der Waals surface area contributed by atoms with Crippen LogP contribution in [-0.2, 0) is 14.8 Å². The van der Waals surface area contributed by atoms with E-state index in [-0.39, 0.29) is 29.5 Å². The lowest BCUT2D eigenvalue weighted by Crippen LogP contribution is -2.34. The maximum Gasteiger partial charge on any atom is 0.273 e. The maximum absolute atomic E-state index is 13.1. The third-order valence-electron chi connectivity index (χ3n) is 3.38. The predicted molar refractivity (Wildman–Crippen MR) is 90.3 cm³/mol. The molecule has 1 heterocycles. The zero-order chi connectivity index (χ0) is 18.4. The van der Waals surface area contributed by atoms with E-state index in [2.05, 4.69) is 4.98 Å². The number of non-ortho nitro benzene ring substituents is 1. The first-order valence-electron chi connectivity index (χ1n) is 7.16. The van der Waals surface area contributed by atoms with Crippen LogP contribution >= 0.6 is 0 Å². The van der Waals surface area contributed by atoms with Gasteiger partial charge < -0.3 is 9.47 Å². The molecule has 0 amide bonds. The summed E-state index contributed by atoms with van der Waals surface area (Å²) in [6.45, 7) is 0.222. The van der Waals surface area contributed by atoms with E-state index in [0.29, 0.717) is 5.69 Å². The van der Waals surface area contributed by atoms with Gasteiger partial charge in [-0.05, 0) is 18.2 Å². The monoisotopic (exact) mass is 367 g/mol. The van der Waals surface area contributed by atoms with Crippen LogP contribution in [0.25, 0.3) is 0 Å². The van der Waals surface area contributed by atoms with Crippen molar-refractivity contribution < 1.29 is 22.8 Å². The number of nitrogens with zero attached hydrogens (tertiary/aromatic N) is 3. The van der Waals surface area contributed by atoms with Crippen LogP contribution in [0.15, 0.2) is 47.6 Å². The molecule has 0 saturated heterocycles. The van der Waals surface area contributed by atoms with Crippen LogP contribution in [0.4, 0.5) is 11.4 Å². The molecule has 0 unspecified atom stereocenters. The topological polar surface area (TPSA) is 112 Å². The summed E-state index contributed by atoms with van der Waals surface area (Å²) in [5.41, 5.74) is 0.135. The van der Waals surface area contributed by atoms with Gasteiger partial charge in [-0.2, -0.15) is 0 Å². The fourth-order valence-corrected chi connectivity index (χ4v) is 3.76. The number of nitro groups is 1. The molecule has 134 valence electrons. The lowest BCUT2D eigenvalue weighted by molar-refractivity contribution is -0.385. The van der Waals surface area contributed by atoms with Gasteiger partial charge in [-0.3, -0.25) is 19.4 Å². The second-order valence-electron chi connectivity index (χ2n) is 4.87. The minimum Gasteiger partial charge on any atom is -0.495 e. The zero-order valence-corrected chi connectivity index (χ0v) is 14.5. The number of anilines is 1. The van der Waals surface area contributed by atoms with Crippen molar-refractivity contribution in [1.82, 2.24) is 4.98 Å². The quantitative estimate of drug-likeness (QED) is 0.517. The summed E-state index contributed by atoms with van der Waals surface area (Å²) in [6.07, 6.45) is 2.94. The van der Waals surface area contributed by atoms with Crippen LogP contribution < -0.4 is 9.04 Å². The maximum atomic E-state index is 13.1. The van der Waals surface area contributed by atoms with Crippen molar-refractivity contribution in [3.63, 3.8) is 0 Å². The van der Waals surface area contributed by atoms with Crippen molar-refractivity contribution in [1.29, 1.82) is 0 Å². The Bertz CT molecular complexity index is 842. The summed E-state index contributed by atoms with van der Waals surface area (Å²) < 4.78 is 37.4. The molecule has 0 bridgehead atoms. The molecule has 2 aromatic rings. The number of nitro benzene ring substituents is 1. The molecule has 0 saturated carbocycles. The van der Waals surface area contributed by atoms with Gasteiger partial charge in [0.25, 0.3) is 15.7 Å². The fourth-order valence-electron chi connectivity index (χ4n) is 2.17. The Morgan fingerprint density at radius 3 is 2.44 bits per heavy atom. The smallest absolute Gasteiger partial charge is 0.273 e. The normalized spacial score (nSPS) is 11.1. The number of hydrogen-bond donors (Lipinski definition) is 0. The Kier molecular flexibility index (Phi) is 5.88. The van der Waals surface area contributed by atoms with Crippen LogP contribution in [0.5, 0.6) is 5.75 Å². The molecule has 10 heteroatoms. The SMILES string of the molecule is COCCN(c1ccncc1)S(=O)(=O)c1ccc([N+](=O)[O-])cc1OC. The van der Waals surface area contributed by atoms with Crippen LogP contribution in [0.1, 0.15) is 0 Å². The number of ether oxygens (including phenoxy) is 2. The largest absolute Gasteiger partial charge is 0.495 e. The van der Waals surface area contributed by atoms with Gasteiger partial charge in [0, 0.05) is 25.6 Å². The molecule has 0 aliphatic carbocycles. The molecule has 2 rings (SSSR count). The molecule has 0 aliphatic rings. The third kappa shape index (κ3) is 4.03. The van der Waals surface area contributed by atoms with Crippen LogP contribution in [-0.4, -0.2) is 45.7 Å². The summed E-state index contributed by atoms with van der Waals surface area (Å²) in [5.74, 6) is -0.106. The van der Waals surface area contributed by atoms with Crippen molar-refractivity contribution in [2.75, 3.05) is 31.7 Å². The number of aromatic nitrogens is 1. The van der Waals surface area contributed by atoms with E-state index in [4.69, 9.17) is 9.47 Å². The standard InChI is InChI=1S/C15H17N3O6S/c1-23-10-9-17(12-5-7-16-8-6-12)25(21,22)15-4-3-13(18(19)20)11-14(15)24-2/h3-8,11H,9-10H2,1-2H3. The molecule has 0 radical (unpaired) electrons. The number of methoxy groups -OCH3 is 2. The Morgan fingerprint density at radius 2 is 1.88 bits per heavy atom. The highest BCUT2D eigenvalue weighted by molar-refractivity contribution is 7.93. The third-order valence-corrected chi connectivity index (χ3v) is 5.24. The molecule has 1 aromatic carbocycles. The van der Waals surface area contributed by atoms with Gasteiger partial charge in [0.05, 0.1) is 36.9 Å². The van der Waals surface area contributed by atoms with Crippen molar-refractivity contribution in [3.05, 3.63) is 52.8 Å². The van der Waals surface area contributed by atoms with E-state index in [0.717, 1.165) is 22.5 Å². The first-order valence-corrected chi connectivity index (χ1v) is 8.60. The van der Waals surface area contributed by atoms with Gasteiger partial charge in [-0.1, -0.05) is 0 Å². The summed E-state index contributed by atoms with van der Waals surface area (Å²) in [5, 5.41) is 10.9. The summed E-state index contributed by atoms with van der Waals surface area (Å²) in [7, 11) is -1.32. The Morgan fingerprint density at radius 1 is 1.20 bits per heavy atom. The van der Waals surface area contributed by atoms with Crippen LogP contribution in [0, 0.1) is 10.1 Å². The van der Waals surface area contributed by atoms with E-state index in [1.165, 1.54) is 26.6 Å². The van der Waals surface area contributed by atoms with Gasteiger partial charge in [0.2, 0.25) is 0 Å². The number of benzene rings is 1. The highest BCUT2D eigenvalue weighted by Crippen LogP contribution is 2.32. The molecule has 0 aliphatic heterocycles. The molecular weight excluding hydrogens is 350 g/mol. The van der Waals surface area contributed by atoms with E-state index in [9.17, 15) is 18.5 Å². The molecule has 9 nitrogen and oxygen atoms in total. The molecule has 0 spiro atoms. The van der Waals surface area contributed by atoms with Gasteiger partial charge >= 0.3 is 0 Å². The van der Waals surface area contributed by atoms with E-state index >= 15 is 0 Å². The lowest BCUT2D eigenvalue weighted by atomic mass is 10.3. The first-order chi connectivity index (χ1) is 11.9. The molecule has 0 N–H and O–H groups in total. The highest BCUT2D eigenvalue weighted by atomic mass is 32.2. The van der Waals surface area contributed by atoms with E-state index < -0.39 is 14.9 Å². The van der Waals surface area contributed by atoms with Crippen molar-refractivity contribution in [2.24, 2.45) is 0 Å². The minimum absolute atomic E-state index is 0.0585. The minimum atomic E-state index is -4.03. The van der Waals surface area contributed by atoms with E-state index in [1.54, 1.807) is 12.1 Å². The molecule has 0 fully saturated rings. The highest BCUT2D eigenvalue weighted by Gasteiger charge is 2.29. The molecule has 1 aromatic heterocycles. The number of pyridine rings is 1. The number of hydrogen-bond acceptors (Lipinski definition) is 7. The van der Waals surface area contributed by atoms with Crippen molar-refractivity contribution in [2.45, 2.75) is 4.90 Å². The Balaban J connectivity index is 2.55. The van der Waals surface area contributed by atoms with Gasteiger partial charge in [0.15, 0.2) is 0 Å². The zero-order valence-electron chi connectivity index (χ0n) is 13.7. The van der Waals surface area contributed by atoms with Crippen LogP contribution in [0.3, 0.4) is 0 Å². The summed E-state index contributed by atoms with van der Waals surface area (Å²) in [4.78, 5) is 14.0. The van der Waals surface area contributed by atoms with Crippen LogP contribution in [0.2, 0.25) is 0 Å². The molecular formula is C15H17N3O6S. The Hall–Kier alpha value is -2.72. The summed E-state index contributed by atoms with van der Waals surface area (Å²) in [6, 6.07) is 6.45. The van der Waals surface area contributed by atoms with Crippen molar-refractivity contribution >= 4 is 21.4 Å². The second kappa shape index (κ2) is 7.90. The second-order valence-corrected chi connectivity index (χ2v) is 6.70. The van der Waals surface area contributed by atoms with E-state index in [1.807, 2.05) is 0 Å². The molecule has 0 atom stereocenters. The average molecular weight is 367 g/mol. The van der Waals surface area contributed by atoms with Crippen molar-refractivity contribution in [3.8, 4) is 5.75 Å². The Labute approximate surface area is 145 Å². The lowest BCUT2D eigenvalue weighted by Gasteiger charge is -2.24.